The zero-order valence-corrected chi connectivity index (χ0v) is 17.0. The van der Waals surface area contributed by atoms with Crippen molar-refractivity contribution in [2.75, 3.05) is 45.6 Å². The molecule has 144 valence electrons. The first-order valence-electron chi connectivity index (χ1n) is 9.04. The third kappa shape index (κ3) is 6.12. The summed E-state index contributed by atoms with van der Waals surface area (Å²) in [5.74, 6) is 2.68. The average Bonchev–Trinajstić information content (AvgIpc) is 2.63. The van der Waals surface area contributed by atoms with Crippen LogP contribution in [0, 0.1) is 0 Å². The monoisotopic (exact) mass is 378 g/mol. The van der Waals surface area contributed by atoms with Gasteiger partial charge in [-0.15, -0.1) is 0 Å². The van der Waals surface area contributed by atoms with Crippen LogP contribution in [0.3, 0.4) is 0 Å². The van der Waals surface area contributed by atoms with Crippen molar-refractivity contribution in [2.24, 2.45) is 4.99 Å². The Bertz CT molecular complexity index is 616. The summed E-state index contributed by atoms with van der Waals surface area (Å²) in [6, 6.07) is 7.09. The summed E-state index contributed by atoms with van der Waals surface area (Å²) in [5, 5.41) is 6.28. The number of nitrogens with zero attached hydrogens (tertiary/aromatic N) is 2. The Morgan fingerprint density at radius 3 is 2.65 bits per heavy atom. The number of ether oxygens (including phenoxy) is 1. The number of benzene rings is 1. The van der Waals surface area contributed by atoms with E-state index >= 15 is 0 Å². The molecule has 1 aromatic carbocycles. The van der Waals surface area contributed by atoms with Crippen LogP contribution in [-0.2, 0) is 0 Å². The van der Waals surface area contributed by atoms with E-state index in [1.807, 2.05) is 11.8 Å². The quantitative estimate of drug-likeness (QED) is 0.451. The Kier molecular flexibility index (Phi) is 7.63. The lowest BCUT2D eigenvalue weighted by Crippen LogP contribution is -2.51. The van der Waals surface area contributed by atoms with E-state index in [9.17, 15) is 4.79 Å². The average molecular weight is 379 g/mol. The van der Waals surface area contributed by atoms with Crippen molar-refractivity contribution in [2.45, 2.75) is 25.5 Å². The van der Waals surface area contributed by atoms with Crippen LogP contribution in [0.5, 0.6) is 5.75 Å². The minimum absolute atomic E-state index is 0.0941. The highest BCUT2D eigenvalue weighted by molar-refractivity contribution is 8.00. The first kappa shape index (κ1) is 20.4. The minimum atomic E-state index is -0.0941. The van der Waals surface area contributed by atoms with Crippen molar-refractivity contribution in [3.63, 3.8) is 0 Å². The number of nitrogens with one attached hydrogen (secondary N) is 2. The zero-order chi connectivity index (χ0) is 19.0. The molecule has 0 spiro atoms. The summed E-state index contributed by atoms with van der Waals surface area (Å²) in [4.78, 5) is 19.2. The van der Waals surface area contributed by atoms with Gasteiger partial charge in [-0.3, -0.25) is 9.79 Å². The van der Waals surface area contributed by atoms with Gasteiger partial charge in [-0.05, 0) is 45.0 Å². The number of carbonyl (C=O) groups is 1. The number of aliphatic imine (C=N–C) groups is 1. The summed E-state index contributed by atoms with van der Waals surface area (Å²) >= 11 is 2.00. The molecule has 0 atom stereocenters. The van der Waals surface area contributed by atoms with E-state index in [0.717, 1.165) is 37.1 Å². The number of carbonyl (C=O) groups excluding carboxylic acids is 1. The summed E-state index contributed by atoms with van der Waals surface area (Å²) in [6.07, 6.45) is 0. The van der Waals surface area contributed by atoms with Crippen molar-refractivity contribution in [3.8, 4) is 5.75 Å². The largest absolute Gasteiger partial charge is 0.497 e. The fourth-order valence-corrected chi connectivity index (χ4v) is 3.91. The molecule has 0 aliphatic carbocycles. The highest BCUT2D eigenvalue weighted by atomic mass is 32.2. The van der Waals surface area contributed by atoms with E-state index < -0.39 is 0 Å². The van der Waals surface area contributed by atoms with Gasteiger partial charge in [0.05, 0.1) is 13.7 Å². The lowest BCUT2D eigenvalue weighted by Gasteiger charge is -2.39. The van der Waals surface area contributed by atoms with Gasteiger partial charge < -0.3 is 20.3 Å². The predicted octanol–water partition coefficient (Wildman–Crippen LogP) is 2.22. The number of methoxy groups -OCH3 is 1. The molecule has 2 rings (SSSR count). The van der Waals surface area contributed by atoms with Crippen LogP contribution in [0.15, 0.2) is 29.3 Å². The lowest BCUT2D eigenvalue weighted by atomic mass is 10.2. The second-order valence-electron chi connectivity index (χ2n) is 6.75. The maximum Gasteiger partial charge on any atom is 0.251 e. The molecule has 0 unspecified atom stereocenters. The van der Waals surface area contributed by atoms with Crippen molar-refractivity contribution < 1.29 is 9.53 Å². The van der Waals surface area contributed by atoms with Gasteiger partial charge in [-0.25, -0.2) is 0 Å². The van der Waals surface area contributed by atoms with E-state index in [1.54, 1.807) is 31.4 Å². The van der Waals surface area contributed by atoms with Crippen LogP contribution >= 0.6 is 11.8 Å². The molecule has 6 nitrogen and oxygen atoms in total. The van der Waals surface area contributed by atoms with Gasteiger partial charge in [-0.2, -0.15) is 11.8 Å². The SMILES string of the molecule is CCNC(=NCCNC(=O)c1ccc(OC)cc1)N1CCSC(C)(C)C1. The molecule has 26 heavy (non-hydrogen) atoms. The number of rotatable bonds is 6. The van der Waals surface area contributed by atoms with Crippen molar-refractivity contribution in [1.29, 1.82) is 0 Å². The molecule has 1 amide bonds. The van der Waals surface area contributed by atoms with Crippen LogP contribution in [0.2, 0.25) is 0 Å². The van der Waals surface area contributed by atoms with Crippen molar-refractivity contribution >= 4 is 23.6 Å². The highest BCUT2D eigenvalue weighted by Crippen LogP contribution is 2.29. The summed E-state index contributed by atoms with van der Waals surface area (Å²) in [7, 11) is 1.61. The van der Waals surface area contributed by atoms with E-state index in [1.165, 1.54) is 0 Å². The number of guanidine groups is 1. The molecule has 1 fully saturated rings. The third-order valence-electron chi connectivity index (χ3n) is 4.07. The van der Waals surface area contributed by atoms with E-state index in [4.69, 9.17) is 4.74 Å². The minimum Gasteiger partial charge on any atom is -0.497 e. The van der Waals surface area contributed by atoms with Crippen LogP contribution in [-0.4, -0.2) is 67.1 Å². The van der Waals surface area contributed by atoms with Gasteiger partial charge in [0.15, 0.2) is 5.96 Å². The van der Waals surface area contributed by atoms with E-state index in [-0.39, 0.29) is 10.7 Å². The van der Waals surface area contributed by atoms with Gasteiger partial charge in [0, 0.05) is 42.2 Å². The maximum atomic E-state index is 12.2. The fourth-order valence-electron chi connectivity index (χ4n) is 2.80. The van der Waals surface area contributed by atoms with Crippen LogP contribution in [0.4, 0.5) is 0 Å². The molecule has 0 bridgehead atoms. The van der Waals surface area contributed by atoms with Crippen LogP contribution in [0.25, 0.3) is 0 Å². The molecule has 1 heterocycles. The second-order valence-corrected chi connectivity index (χ2v) is 8.55. The van der Waals surface area contributed by atoms with Gasteiger partial charge in [-0.1, -0.05) is 0 Å². The number of thioether (sulfide) groups is 1. The molecule has 7 heteroatoms. The smallest absolute Gasteiger partial charge is 0.251 e. The Balaban J connectivity index is 1.86. The molecule has 1 aliphatic heterocycles. The van der Waals surface area contributed by atoms with Crippen molar-refractivity contribution in [3.05, 3.63) is 29.8 Å². The molecule has 1 saturated heterocycles. The summed E-state index contributed by atoms with van der Waals surface area (Å²) in [5.41, 5.74) is 0.622. The molecular weight excluding hydrogens is 348 g/mol. The molecule has 0 aromatic heterocycles. The number of amides is 1. The topological polar surface area (TPSA) is 66.0 Å². The molecular formula is C19H30N4O2S. The van der Waals surface area contributed by atoms with Crippen LogP contribution in [0.1, 0.15) is 31.1 Å². The van der Waals surface area contributed by atoms with Gasteiger partial charge in [0.2, 0.25) is 0 Å². The van der Waals surface area contributed by atoms with E-state index in [2.05, 4.69) is 41.3 Å². The van der Waals surface area contributed by atoms with Gasteiger partial charge in [0.1, 0.15) is 5.75 Å². The number of hydrogen-bond donors (Lipinski definition) is 2. The Morgan fingerprint density at radius 1 is 1.31 bits per heavy atom. The standard InChI is InChI=1S/C19H30N4O2S/c1-5-20-18(23-12-13-26-19(2,3)14-23)22-11-10-21-17(24)15-6-8-16(25-4)9-7-15/h6-9H,5,10-14H2,1-4H3,(H,20,22)(H,21,24). The zero-order valence-electron chi connectivity index (χ0n) is 16.2. The Hall–Kier alpha value is -1.89. The Labute approximate surface area is 160 Å². The van der Waals surface area contributed by atoms with Gasteiger partial charge in [0.25, 0.3) is 5.91 Å². The van der Waals surface area contributed by atoms with E-state index in [0.29, 0.717) is 18.7 Å². The van der Waals surface area contributed by atoms with Crippen LogP contribution < -0.4 is 15.4 Å². The molecule has 2 N–H and O–H groups in total. The highest BCUT2D eigenvalue weighted by Gasteiger charge is 2.28. The summed E-state index contributed by atoms with van der Waals surface area (Å²) < 4.78 is 5.34. The maximum absolute atomic E-state index is 12.2. The Morgan fingerprint density at radius 2 is 2.04 bits per heavy atom. The second kappa shape index (κ2) is 9.71. The molecule has 0 radical (unpaired) electrons. The third-order valence-corrected chi connectivity index (χ3v) is 5.37. The molecule has 1 aromatic rings. The summed E-state index contributed by atoms with van der Waals surface area (Å²) in [6.45, 7) is 10.5. The number of hydrogen-bond acceptors (Lipinski definition) is 4. The first-order chi connectivity index (χ1) is 12.4. The van der Waals surface area contributed by atoms with Gasteiger partial charge >= 0.3 is 0 Å². The predicted molar refractivity (Wildman–Crippen MR) is 109 cm³/mol. The fraction of sp³-hybridized carbons (Fsp3) is 0.579. The first-order valence-corrected chi connectivity index (χ1v) is 10.0. The normalized spacial score (nSPS) is 16.9. The molecule has 1 aliphatic rings. The van der Waals surface area contributed by atoms with Crippen molar-refractivity contribution in [1.82, 2.24) is 15.5 Å². The molecule has 0 saturated carbocycles. The lowest BCUT2D eigenvalue weighted by molar-refractivity contribution is 0.0954.